The average molecular weight is 365 g/mol. The molecule has 0 bridgehead atoms. The molecule has 0 aromatic carbocycles. The number of hydrogen-bond acceptors (Lipinski definition) is 8. The summed E-state index contributed by atoms with van der Waals surface area (Å²) in [5.41, 5.74) is 9.20. The SMILES string of the molecule is COC1CCC(N(NC2COCC(O)C2)c2ncncc2C(N)=O)CC1. The first-order valence-electron chi connectivity index (χ1n) is 9.02. The minimum Gasteiger partial charge on any atom is -0.391 e. The Balaban J connectivity index is 1.83. The van der Waals surface area contributed by atoms with Crippen molar-refractivity contribution in [2.75, 3.05) is 25.3 Å². The molecule has 0 radical (unpaired) electrons. The number of primary amides is 1. The number of aliphatic hydroxyl groups excluding tert-OH is 1. The van der Waals surface area contributed by atoms with E-state index in [-0.39, 0.29) is 23.8 Å². The fourth-order valence-corrected chi connectivity index (χ4v) is 3.67. The van der Waals surface area contributed by atoms with Gasteiger partial charge in [-0.1, -0.05) is 0 Å². The van der Waals surface area contributed by atoms with Gasteiger partial charge in [-0.25, -0.2) is 15.4 Å². The van der Waals surface area contributed by atoms with Crippen LogP contribution in [0.5, 0.6) is 0 Å². The van der Waals surface area contributed by atoms with Crippen molar-refractivity contribution in [3.8, 4) is 0 Å². The molecule has 1 aromatic rings. The Morgan fingerprint density at radius 2 is 2.15 bits per heavy atom. The number of hydrogen-bond donors (Lipinski definition) is 3. The van der Waals surface area contributed by atoms with Gasteiger partial charge in [-0.3, -0.25) is 9.80 Å². The molecule has 4 N–H and O–H groups in total. The van der Waals surface area contributed by atoms with Gasteiger partial charge in [-0.15, -0.1) is 0 Å². The van der Waals surface area contributed by atoms with Crippen molar-refractivity contribution < 1.29 is 19.4 Å². The Hall–Kier alpha value is -1.81. The van der Waals surface area contributed by atoms with Gasteiger partial charge in [0.05, 0.1) is 31.5 Å². The molecule has 2 unspecified atom stereocenters. The Bertz CT molecular complexity index is 609. The highest BCUT2D eigenvalue weighted by Gasteiger charge is 2.32. The number of ether oxygens (including phenoxy) is 2. The first-order chi connectivity index (χ1) is 12.6. The van der Waals surface area contributed by atoms with Crippen molar-refractivity contribution in [1.82, 2.24) is 15.4 Å². The number of nitrogens with zero attached hydrogens (tertiary/aromatic N) is 3. The van der Waals surface area contributed by atoms with Crippen molar-refractivity contribution in [3.63, 3.8) is 0 Å². The van der Waals surface area contributed by atoms with Crippen LogP contribution < -0.4 is 16.2 Å². The molecular weight excluding hydrogens is 338 g/mol. The lowest BCUT2D eigenvalue weighted by molar-refractivity contribution is -0.0247. The lowest BCUT2D eigenvalue weighted by Crippen LogP contribution is -2.56. The van der Waals surface area contributed by atoms with E-state index in [0.29, 0.717) is 25.5 Å². The Morgan fingerprint density at radius 3 is 2.81 bits per heavy atom. The van der Waals surface area contributed by atoms with Gasteiger partial charge in [-0.2, -0.15) is 0 Å². The highest BCUT2D eigenvalue weighted by atomic mass is 16.5. The number of carbonyl (C=O) groups is 1. The molecule has 2 heterocycles. The van der Waals surface area contributed by atoms with Crippen LogP contribution in [0.2, 0.25) is 0 Å². The molecule has 1 amide bonds. The average Bonchev–Trinajstić information content (AvgIpc) is 2.66. The lowest BCUT2D eigenvalue weighted by Gasteiger charge is -2.41. The van der Waals surface area contributed by atoms with Crippen molar-refractivity contribution in [3.05, 3.63) is 18.1 Å². The zero-order chi connectivity index (χ0) is 18.5. The third kappa shape index (κ3) is 4.47. The summed E-state index contributed by atoms with van der Waals surface area (Å²) in [7, 11) is 1.73. The first kappa shape index (κ1) is 19.0. The summed E-state index contributed by atoms with van der Waals surface area (Å²) in [4.78, 5) is 20.1. The van der Waals surface area contributed by atoms with E-state index in [1.807, 2.05) is 5.01 Å². The smallest absolute Gasteiger partial charge is 0.254 e. The van der Waals surface area contributed by atoms with Crippen LogP contribution in [0.15, 0.2) is 12.5 Å². The van der Waals surface area contributed by atoms with Crippen molar-refractivity contribution in [2.45, 2.75) is 56.4 Å². The maximum Gasteiger partial charge on any atom is 0.254 e. The quantitative estimate of drug-likeness (QED) is 0.602. The third-order valence-corrected chi connectivity index (χ3v) is 5.03. The molecule has 1 saturated heterocycles. The molecule has 9 nitrogen and oxygen atoms in total. The molecule has 1 aromatic heterocycles. The molecule has 0 spiro atoms. The molecule has 2 aliphatic rings. The number of hydrazine groups is 1. The van der Waals surface area contributed by atoms with Crippen LogP contribution in [0.25, 0.3) is 0 Å². The van der Waals surface area contributed by atoms with Gasteiger partial charge in [0.1, 0.15) is 11.9 Å². The second-order valence-corrected chi connectivity index (χ2v) is 6.91. The number of aromatic nitrogens is 2. The van der Waals surface area contributed by atoms with E-state index >= 15 is 0 Å². The molecule has 2 fully saturated rings. The normalized spacial score (nSPS) is 29.3. The van der Waals surface area contributed by atoms with Crippen molar-refractivity contribution in [2.24, 2.45) is 5.73 Å². The monoisotopic (exact) mass is 365 g/mol. The summed E-state index contributed by atoms with van der Waals surface area (Å²) < 4.78 is 10.9. The molecule has 144 valence electrons. The topological polar surface area (TPSA) is 123 Å². The second kappa shape index (κ2) is 8.72. The minimum atomic E-state index is -0.571. The summed E-state index contributed by atoms with van der Waals surface area (Å²) in [6, 6.07) is 0.0584. The van der Waals surface area contributed by atoms with E-state index < -0.39 is 12.0 Å². The van der Waals surface area contributed by atoms with Gasteiger partial charge in [-0.05, 0) is 32.1 Å². The predicted octanol–water partition coefficient (Wildman–Crippen LogP) is -0.00610. The summed E-state index contributed by atoms with van der Waals surface area (Å²) in [6.07, 6.45) is 6.81. The maximum absolute atomic E-state index is 11.9. The predicted molar refractivity (Wildman–Crippen MR) is 94.4 cm³/mol. The fourth-order valence-electron chi connectivity index (χ4n) is 3.67. The number of nitrogens with one attached hydrogen (secondary N) is 1. The number of methoxy groups -OCH3 is 1. The highest BCUT2D eigenvalue weighted by molar-refractivity contribution is 5.97. The van der Waals surface area contributed by atoms with Crippen LogP contribution >= 0.6 is 0 Å². The molecule has 3 rings (SSSR count). The fraction of sp³-hybridized carbons (Fsp3) is 0.706. The van der Waals surface area contributed by atoms with Gasteiger partial charge in [0.2, 0.25) is 0 Å². The molecule has 2 atom stereocenters. The first-order valence-corrected chi connectivity index (χ1v) is 9.02. The lowest BCUT2D eigenvalue weighted by atomic mass is 9.92. The second-order valence-electron chi connectivity index (χ2n) is 6.91. The molecule has 1 aliphatic heterocycles. The van der Waals surface area contributed by atoms with Gasteiger partial charge >= 0.3 is 0 Å². The van der Waals surface area contributed by atoms with Gasteiger partial charge in [0.15, 0.2) is 5.82 Å². The van der Waals surface area contributed by atoms with Crippen molar-refractivity contribution in [1.29, 1.82) is 0 Å². The summed E-state index contributed by atoms with van der Waals surface area (Å²) >= 11 is 0. The van der Waals surface area contributed by atoms with E-state index in [2.05, 4.69) is 15.4 Å². The summed E-state index contributed by atoms with van der Waals surface area (Å²) in [5.74, 6) is -0.105. The largest absolute Gasteiger partial charge is 0.391 e. The van der Waals surface area contributed by atoms with E-state index in [0.717, 1.165) is 25.7 Å². The third-order valence-electron chi connectivity index (χ3n) is 5.03. The minimum absolute atomic E-state index is 0.0745. The Labute approximate surface area is 152 Å². The number of amides is 1. The molecule has 9 heteroatoms. The van der Waals surface area contributed by atoms with E-state index in [9.17, 15) is 9.90 Å². The Morgan fingerprint density at radius 1 is 1.38 bits per heavy atom. The zero-order valence-corrected chi connectivity index (χ0v) is 15.0. The van der Waals surface area contributed by atoms with E-state index in [1.165, 1.54) is 12.5 Å². The van der Waals surface area contributed by atoms with Gasteiger partial charge < -0.3 is 20.3 Å². The van der Waals surface area contributed by atoms with Crippen LogP contribution in [-0.4, -0.2) is 65.6 Å². The number of anilines is 1. The summed E-state index contributed by atoms with van der Waals surface area (Å²) in [6.45, 7) is 0.829. The van der Waals surface area contributed by atoms with E-state index in [1.54, 1.807) is 7.11 Å². The standard InChI is InChI=1S/C17H27N5O4/c1-25-14-4-2-12(3-5-14)22(21-11-6-13(23)9-26-8-11)17-15(16(18)24)7-19-10-20-17/h7,10-14,21,23H,2-6,8-9H2,1H3,(H2,18,24). The van der Waals surface area contributed by atoms with Crippen LogP contribution in [0, 0.1) is 0 Å². The number of rotatable bonds is 6. The Kier molecular flexibility index (Phi) is 6.36. The van der Waals surface area contributed by atoms with Gasteiger partial charge in [0, 0.05) is 19.3 Å². The van der Waals surface area contributed by atoms with Crippen LogP contribution in [-0.2, 0) is 9.47 Å². The number of aliphatic hydroxyl groups is 1. The van der Waals surface area contributed by atoms with Crippen molar-refractivity contribution >= 4 is 11.7 Å². The van der Waals surface area contributed by atoms with E-state index in [4.69, 9.17) is 15.2 Å². The summed E-state index contributed by atoms with van der Waals surface area (Å²) in [5, 5.41) is 11.8. The van der Waals surface area contributed by atoms with Crippen LogP contribution in [0.3, 0.4) is 0 Å². The molecular formula is C17H27N5O4. The highest BCUT2D eigenvalue weighted by Crippen LogP contribution is 2.28. The molecule has 1 aliphatic carbocycles. The molecule has 26 heavy (non-hydrogen) atoms. The maximum atomic E-state index is 11.9. The van der Waals surface area contributed by atoms with Crippen LogP contribution in [0.4, 0.5) is 5.82 Å². The molecule has 1 saturated carbocycles. The van der Waals surface area contributed by atoms with Gasteiger partial charge in [0.25, 0.3) is 5.91 Å². The number of nitrogens with two attached hydrogens (primary N) is 1. The number of carbonyl (C=O) groups excluding carboxylic acids is 1. The van der Waals surface area contributed by atoms with Crippen LogP contribution in [0.1, 0.15) is 42.5 Å². The zero-order valence-electron chi connectivity index (χ0n) is 15.0.